The summed E-state index contributed by atoms with van der Waals surface area (Å²) in [5.41, 5.74) is 2.85. The molecule has 0 bridgehead atoms. The van der Waals surface area contributed by atoms with Gasteiger partial charge in [0.1, 0.15) is 10.6 Å². The fraction of sp³-hybridized carbons (Fsp3) is 0.130. The minimum Gasteiger partial charge on any atom is -0.310 e. The Bertz CT molecular complexity index is 1350. The predicted molar refractivity (Wildman–Crippen MR) is 133 cm³/mol. The van der Waals surface area contributed by atoms with Crippen LogP contribution in [0.4, 0.5) is 5.82 Å². The van der Waals surface area contributed by atoms with Crippen molar-refractivity contribution >= 4 is 56.6 Å². The van der Waals surface area contributed by atoms with Gasteiger partial charge in [0.05, 0.1) is 16.2 Å². The molecule has 1 N–H and O–H groups in total. The summed E-state index contributed by atoms with van der Waals surface area (Å²) in [6.07, 6.45) is 3.11. The number of carbonyl (C=O) groups is 1. The number of aromatic nitrogens is 3. The Morgan fingerprint density at radius 1 is 1.28 bits per heavy atom. The fourth-order valence-corrected chi connectivity index (χ4v) is 5.02. The highest BCUT2D eigenvalue weighted by atomic mass is 35.5. The van der Waals surface area contributed by atoms with Crippen LogP contribution in [0, 0.1) is 6.92 Å². The Balaban J connectivity index is 1.63. The highest BCUT2D eigenvalue weighted by Crippen LogP contribution is 2.32. The third-order valence-electron chi connectivity index (χ3n) is 4.66. The van der Waals surface area contributed by atoms with Crippen molar-refractivity contribution in [3.8, 4) is 11.1 Å². The number of fused-ring (bicyclic) bond motifs is 1. The molecule has 162 valence electrons. The molecule has 4 rings (SSSR count). The number of amides is 1. The van der Waals surface area contributed by atoms with Crippen molar-refractivity contribution in [3.05, 3.63) is 81.6 Å². The number of thiophene rings is 1. The lowest BCUT2D eigenvalue weighted by atomic mass is 10.1. The summed E-state index contributed by atoms with van der Waals surface area (Å²) >= 11 is 8.44. The van der Waals surface area contributed by atoms with Crippen molar-refractivity contribution in [3.63, 3.8) is 0 Å². The van der Waals surface area contributed by atoms with E-state index >= 15 is 0 Å². The molecule has 6 nitrogen and oxygen atoms in total. The van der Waals surface area contributed by atoms with Crippen molar-refractivity contribution in [1.29, 1.82) is 0 Å². The number of halogens is 1. The van der Waals surface area contributed by atoms with Crippen LogP contribution in [0.1, 0.15) is 5.56 Å². The van der Waals surface area contributed by atoms with Crippen LogP contribution in [0.3, 0.4) is 0 Å². The molecular formula is C23H19ClN4O2S2. The van der Waals surface area contributed by atoms with Gasteiger partial charge < -0.3 is 5.32 Å². The molecule has 0 spiro atoms. The molecule has 0 saturated heterocycles. The number of hydrogen-bond donors (Lipinski definition) is 1. The SMILES string of the molecule is C=CCn1c(SCC(=O)Nc2ccc(Cl)cn2)nc2scc(-c3ccc(C)cc3)c2c1=O. The van der Waals surface area contributed by atoms with Crippen LogP contribution >= 0.6 is 34.7 Å². The third kappa shape index (κ3) is 4.77. The Hall–Kier alpha value is -2.94. The van der Waals surface area contributed by atoms with E-state index in [1.807, 2.05) is 36.6 Å². The standard InChI is InChI=1S/C23H19ClN4O2S2/c1-3-10-28-22(30)20-17(15-6-4-14(2)5-7-15)12-31-21(20)27-23(28)32-13-19(29)26-18-9-8-16(24)11-25-18/h3-9,11-12H,1,10,13H2,2H3,(H,25,26,29). The van der Waals surface area contributed by atoms with Crippen LogP contribution in [-0.2, 0) is 11.3 Å². The quantitative estimate of drug-likeness (QED) is 0.217. The zero-order chi connectivity index (χ0) is 22.7. The first-order chi connectivity index (χ1) is 15.5. The Kier molecular flexibility index (Phi) is 6.74. The lowest BCUT2D eigenvalue weighted by molar-refractivity contribution is -0.113. The first-order valence-corrected chi connectivity index (χ1v) is 11.9. The van der Waals surface area contributed by atoms with Gasteiger partial charge in [0, 0.05) is 23.7 Å². The van der Waals surface area contributed by atoms with Crippen LogP contribution in [-0.4, -0.2) is 26.2 Å². The monoisotopic (exact) mass is 482 g/mol. The molecule has 0 fully saturated rings. The normalized spacial score (nSPS) is 10.9. The van der Waals surface area contributed by atoms with Gasteiger partial charge in [0.2, 0.25) is 5.91 Å². The molecule has 3 heterocycles. The van der Waals surface area contributed by atoms with Crippen molar-refractivity contribution in [1.82, 2.24) is 14.5 Å². The van der Waals surface area contributed by atoms with E-state index in [0.717, 1.165) is 16.7 Å². The summed E-state index contributed by atoms with van der Waals surface area (Å²) in [6, 6.07) is 11.3. The van der Waals surface area contributed by atoms with Crippen LogP contribution < -0.4 is 10.9 Å². The van der Waals surface area contributed by atoms with Gasteiger partial charge in [-0.3, -0.25) is 14.2 Å². The van der Waals surface area contributed by atoms with E-state index in [1.54, 1.807) is 22.8 Å². The second kappa shape index (κ2) is 9.68. The molecule has 0 aliphatic heterocycles. The number of carbonyl (C=O) groups excluding carboxylic acids is 1. The topological polar surface area (TPSA) is 76.9 Å². The van der Waals surface area contributed by atoms with Crippen LogP contribution in [0.15, 0.2) is 70.6 Å². The fourth-order valence-electron chi connectivity index (χ4n) is 3.11. The molecule has 32 heavy (non-hydrogen) atoms. The molecule has 0 aliphatic carbocycles. The van der Waals surface area contributed by atoms with Crippen molar-refractivity contribution in [2.75, 3.05) is 11.1 Å². The summed E-state index contributed by atoms with van der Waals surface area (Å²) in [7, 11) is 0. The molecule has 9 heteroatoms. The van der Waals surface area contributed by atoms with E-state index in [0.29, 0.717) is 32.8 Å². The van der Waals surface area contributed by atoms with Gasteiger partial charge in [-0.25, -0.2) is 9.97 Å². The minimum absolute atomic E-state index is 0.0790. The number of allylic oxidation sites excluding steroid dienone is 1. The molecule has 0 atom stereocenters. The summed E-state index contributed by atoms with van der Waals surface area (Å²) in [4.78, 5) is 35.1. The molecule has 1 aromatic carbocycles. The lowest BCUT2D eigenvalue weighted by Crippen LogP contribution is -2.23. The molecule has 0 aliphatic rings. The molecule has 0 radical (unpaired) electrons. The second-order valence-corrected chi connectivity index (χ2v) is 9.23. The van der Waals surface area contributed by atoms with Crippen molar-refractivity contribution in [2.24, 2.45) is 0 Å². The van der Waals surface area contributed by atoms with Crippen molar-refractivity contribution < 1.29 is 4.79 Å². The van der Waals surface area contributed by atoms with Gasteiger partial charge in [0.15, 0.2) is 5.16 Å². The van der Waals surface area contributed by atoms with E-state index in [-0.39, 0.29) is 17.2 Å². The van der Waals surface area contributed by atoms with Gasteiger partial charge in [-0.2, -0.15) is 0 Å². The number of hydrogen-bond acceptors (Lipinski definition) is 6. The molecule has 1 amide bonds. The summed E-state index contributed by atoms with van der Waals surface area (Å²) in [5.74, 6) is 0.235. The first kappa shape index (κ1) is 22.3. The lowest BCUT2D eigenvalue weighted by Gasteiger charge is -2.11. The predicted octanol–water partition coefficient (Wildman–Crippen LogP) is 5.40. The van der Waals surface area contributed by atoms with Gasteiger partial charge in [-0.1, -0.05) is 59.3 Å². The van der Waals surface area contributed by atoms with Gasteiger partial charge in [-0.05, 0) is 24.6 Å². The minimum atomic E-state index is -0.254. The average molecular weight is 483 g/mol. The second-order valence-electron chi connectivity index (χ2n) is 6.99. The maximum absolute atomic E-state index is 13.4. The molecular weight excluding hydrogens is 464 g/mol. The number of thioether (sulfide) groups is 1. The van der Waals surface area contributed by atoms with E-state index in [2.05, 4.69) is 16.9 Å². The molecule has 0 unspecified atom stereocenters. The Morgan fingerprint density at radius 2 is 2.06 bits per heavy atom. The average Bonchev–Trinajstić information content (AvgIpc) is 3.21. The molecule has 3 aromatic heterocycles. The number of nitrogens with one attached hydrogen (secondary N) is 1. The zero-order valence-corrected chi connectivity index (χ0v) is 19.6. The number of aryl methyl sites for hydroxylation is 1. The molecule has 0 saturated carbocycles. The number of rotatable bonds is 7. The number of anilines is 1. The number of nitrogens with zero attached hydrogens (tertiary/aromatic N) is 3. The third-order valence-corrected chi connectivity index (χ3v) is 6.73. The van der Waals surface area contributed by atoms with Crippen LogP contribution in [0.25, 0.3) is 21.3 Å². The molecule has 4 aromatic rings. The van der Waals surface area contributed by atoms with Gasteiger partial charge in [-0.15, -0.1) is 17.9 Å². The van der Waals surface area contributed by atoms with E-state index in [9.17, 15) is 9.59 Å². The first-order valence-electron chi connectivity index (χ1n) is 9.70. The Labute approximate surface area is 198 Å². The number of pyridine rings is 1. The van der Waals surface area contributed by atoms with Crippen molar-refractivity contribution in [2.45, 2.75) is 18.6 Å². The van der Waals surface area contributed by atoms with E-state index < -0.39 is 0 Å². The zero-order valence-electron chi connectivity index (χ0n) is 17.2. The maximum Gasteiger partial charge on any atom is 0.263 e. The largest absolute Gasteiger partial charge is 0.310 e. The Morgan fingerprint density at radius 3 is 2.75 bits per heavy atom. The van der Waals surface area contributed by atoms with Gasteiger partial charge in [0.25, 0.3) is 5.56 Å². The summed E-state index contributed by atoms with van der Waals surface area (Å²) in [5, 5.41) is 6.21. The van der Waals surface area contributed by atoms with Crippen LogP contribution in [0.2, 0.25) is 5.02 Å². The number of benzene rings is 1. The smallest absolute Gasteiger partial charge is 0.263 e. The summed E-state index contributed by atoms with van der Waals surface area (Å²) < 4.78 is 1.55. The highest BCUT2D eigenvalue weighted by molar-refractivity contribution is 7.99. The summed E-state index contributed by atoms with van der Waals surface area (Å²) in [6.45, 7) is 6.09. The van der Waals surface area contributed by atoms with Gasteiger partial charge >= 0.3 is 0 Å². The highest BCUT2D eigenvalue weighted by Gasteiger charge is 2.18. The van der Waals surface area contributed by atoms with Crippen LogP contribution in [0.5, 0.6) is 0 Å². The van der Waals surface area contributed by atoms with E-state index in [1.165, 1.54) is 29.3 Å². The maximum atomic E-state index is 13.4. The van der Waals surface area contributed by atoms with E-state index in [4.69, 9.17) is 16.6 Å².